The zero-order valence-corrected chi connectivity index (χ0v) is 16.3. The van der Waals surface area contributed by atoms with Gasteiger partial charge in [0.15, 0.2) is 0 Å². The van der Waals surface area contributed by atoms with Crippen molar-refractivity contribution in [3.8, 4) is 11.1 Å². The van der Waals surface area contributed by atoms with Crippen molar-refractivity contribution >= 4 is 23.8 Å². The molecule has 1 saturated heterocycles. The molecule has 0 bridgehead atoms. The topological polar surface area (TPSA) is 85.4 Å². The van der Waals surface area contributed by atoms with E-state index in [0.717, 1.165) is 42.1 Å². The monoisotopic (exact) mass is 382 g/mol. The maximum absolute atomic E-state index is 11.6. The summed E-state index contributed by atoms with van der Waals surface area (Å²) in [6.45, 7) is 6.33. The Bertz CT molecular complexity index is 832. The van der Waals surface area contributed by atoms with Crippen LogP contribution in [0.5, 0.6) is 0 Å². The fraction of sp³-hybridized carbons (Fsp3) is 0.381. The maximum Gasteiger partial charge on any atom is 0.330 e. The van der Waals surface area contributed by atoms with Crippen LogP contribution >= 0.6 is 0 Å². The van der Waals surface area contributed by atoms with Crippen LogP contribution in [0.1, 0.15) is 25.8 Å². The van der Waals surface area contributed by atoms with Gasteiger partial charge in [0.1, 0.15) is 5.82 Å². The van der Waals surface area contributed by atoms with Crippen molar-refractivity contribution in [2.75, 3.05) is 37.0 Å². The predicted octanol–water partition coefficient (Wildman–Crippen LogP) is 3.35. The second-order valence-corrected chi connectivity index (χ2v) is 6.40. The van der Waals surface area contributed by atoms with Crippen LogP contribution in [-0.2, 0) is 14.3 Å². The van der Waals surface area contributed by atoms with E-state index in [0.29, 0.717) is 19.2 Å². The van der Waals surface area contributed by atoms with E-state index < -0.39 is 0 Å². The number of ether oxygens (including phenoxy) is 2. The number of carbonyl (C=O) groups is 1. The first kappa shape index (κ1) is 19.8. The molecular weight excluding hydrogens is 356 g/mol. The molecule has 148 valence electrons. The lowest BCUT2D eigenvalue weighted by atomic mass is 10.0. The highest BCUT2D eigenvalue weighted by Gasteiger charge is 2.18. The zero-order valence-electron chi connectivity index (χ0n) is 16.3. The van der Waals surface area contributed by atoms with Crippen LogP contribution in [0.3, 0.4) is 0 Å². The number of benzene rings is 1. The summed E-state index contributed by atoms with van der Waals surface area (Å²) in [4.78, 5) is 20.6. The molecule has 7 heteroatoms. The molecule has 0 amide bonds. The molecule has 2 aromatic rings. The molecule has 1 fully saturated rings. The van der Waals surface area contributed by atoms with Crippen LogP contribution in [-0.4, -0.2) is 48.3 Å². The van der Waals surface area contributed by atoms with E-state index in [1.807, 2.05) is 37.4 Å². The molecule has 1 aromatic heterocycles. The van der Waals surface area contributed by atoms with E-state index in [1.54, 1.807) is 13.0 Å². The molecule has 1 atom stereocenters. The van der Waals surface area contributed by atoms with Gasteiger partial charge in [0, 0.05) is 31.0 Å². The number of rotatable bonds is 8. The first-order chi connectivity index (χ1) is 13.7. The summed E-state index contributed by atoms with van der Waals surface area (Å²) < 4.78 is 10.4. The highest BCUT2D eigenvalue weighted by atomic mass is 16.5. The van der Waals surface area contributed by atoms with Crippen molar-refractivity contribution < 1.29 is 14.3 Å². The van der Waals surface area contributed by atoms with E-state index >= 15 is 0 Å². The average Bonchev–Trinajstić information content (AvgIpc) is 3.20. The highest BCUT2D eigenvalue weighted by molar-refractivity contribution is 5.87. The van der Waals surface area contributed by atoms with Crippen LogP contribution in [0.2, 0.25) is 0 Å². The Hall–Kier alpha value is -2.93. The van der Waals surface area contributed by atoms with Gasteiger partial charge in [0.25, 0.3) is 0 Å². The van der Waals surface area contributed by atoms with E-state index in [1.165, 1.54) is 6.08 Å². The predicted molar refractivity (Wildman–Crippen MR) is 110 cm³/mol. The average molecular weight is 382 g/mol. The third-order valence-electron chi connectivity index (χ3n) is 4.29. The Kier molecular flexibility index (Phi) is 6.97. The summed E-state index contributed by atoms with van der Waals surface area (Å²) >= 11 is 0. The number of hydrogen-bond acceptors (Lipinski definition) is 7. The summed E-state index contributed by atoms with van der Waals surface area (Å²) in [5.41, 5.74) is 2.77. The molecule has 0 aliphatic carbocycles. The molecule has 7 nitrogen and oxygen atoms in total. The van der Waals surface area contributed by atoms with Crippen molar-refractivity contribution in [2.45, 2.75) is 26.3 Å². The molecule has 1 aliphatic rings. The second kappa shape index (κ2) is 9.85. The minimum atomic E-state index is -0.352. The lowest BCUT2D eigenvalue weighted by Gasteiger charge is -2.16. The van der Waals surface area contributed by atoms with Gasteiger partial charge < -0.3 is 20.1 Å². The van der Waals surface area contributed by atoms with Crippen molar-refractivity contribution in [1.82, 2.24) is 9.97 Å². The molecule has 3 rings (SSSR count). The molecule has 28 heavy (non-hydrogen) atoms. The standard InChI is InChI=1S/C21H26N4O3/c1-3-22-21-23-13-18(20(25-21)24-17-10-11-27-14-17)16-7-5-6-15(12-16)8-9-19(26)28-4-2/h5-9,12-13,17H,3-4,10-11,14H2,1-2H3,(H2,22,23,24,25)/b9-8+. The summed E-state index contributed by atoms with van der Waals surface area (Å²) in [5.74, 6) is 1.01. The Morgan fingerprint density at radius 1 is 1.39 bits per heavy atom. The minimum absolute atomic E-state index is 0.231. The van der Waals surface area contributed by atoms with Gasteiger partial charge in [-0.15, -0.1) is 0 Å². The van der Waals surface area contributed by atoms with Gasteiger partial charge in [-0.05, 0) is 43.5 Å². The molecule has 0 radical (unpaired) electrons. The first-order valence-corrected chi connectivity index (χ1v) is 9.60. The van der Waals surface area contributed by atoms with Crippen molar-refractivity contribution in [3.63, 3.8) is 0 Å². The Labute approximate surface area is 165 Å². The number of aromatic nitrogens is 2. The Morgan fingerprint density at radius 2 is 2.29 bits per heavy atom. The molecule has 1 aromatic carbocycles. The van der Waals surface area contributed by atoms with Crippen LogP contribution in [0.4, 0.5) is 11.8 Å². The van der Waals surface area contributed by atoms with Gasteiger partial charge in [-0.2, -0.15) is 4.98 Å². The van der Waals surface area contributed by atoms with Gasteiger partial charge in [-0.25, -0.2) is 9.78 Å². The number of esters is 1. The van der Waals surface area contributed by atoms with Crippen LogP contribution in [0.15, 0.2) is 36.5 Å². The van der Waals surface area contributed by atoms with Gasteiger partial charge in [-0.3, -0.25) is 0 Å². The van der Waals surface area contributed by atoms with Gasteiger partial charge in [0.2, 0.25) is 5.95 Å². The number of carbonyl (C=O) groups excluding carboxylic acids is 1. The molecule has 1 unspecified atom stereocenters. The number of nitrogens with zero attached hydrogens (tertiary/aromatic N) is 2. The quantitative estimate of drug-likeness (QED) is 0.535. The largest absolute Gasteiger partial charge is 0.463 e. The molecule has 2 N–H and O–H groups in total. The maximum atomic E-state index is 11.6. The van der Waals surface area contributed by atoms with Crippen molar-refractivity contribution in [3.05, 3.63) is 42.1 Å². The summed E-state index contributed by atoms with van der Waals surface area (Å²) in [5, 5.41) is 6.64. The summed E-state index contributed by atoms with van der Waals surface area (Å²) in [7, 11) is 0. The molecule has 1 aliphatic heterocycles. The molecule has 0 saturated carbocycles. The minimum Gasteiger partial charge on any atom is -0.463 e. The molecule has 2 heterocycles. The summed E-state index contributed by atoms with van der Waals surface area (Å²) in [6.07, 6.45) is 5.94. The van der Waals surface area contributed by atoms with E-state index in [2.05, 4.69) is 20.6 Å². The normalized spacial score (nSPS) is 16.3. The first-order valence-electron chi connectivity index (χ1n) is 9.60. The van der Waals surface area contributed by atoms with E-state index in [4.69, 9.17) is 9.47 Å². The van der Waals surface area contributed by atoms with Gasteiger partial charge in [-0.1, -0.05) is 18.2 Å². The van der Waals surface area contributed by atoms with Crippen LogP contribution < -0.4 is 10.6 Å². The SMILES string of the molecule is CCNc1ncc(-c2cccc(/C=C/C(=O)OCC)c2)c(NC2CCOC2)n1. The fourth-order valence-electron chi connectivity index (χ4n) is 2.95. The Balaban J connectivity index is 1.88. The smallest absolute Gasteiger partial charge is 0.330 e. The molecule has 0 spiro atoms. The Morgan fingerprint density at radius 3 is 3.04 bits per heavy atom. The van der Waals surface area contributed by atoms with Gasteiger partial charge in [0.05, 0.1) is 19.3 Å². The van der Waals surface area contributed by atoms with E-state index in [9.17, 15) is 4.79 Å². The number of nitrogens with one attached hydrogen (secondary N) is 2. The zero-order chi connectivity index (χ0) is 19.8. The summed E-state index contributed by atoms with van der Waals surface area (Å²) in [6, 6.07) is 8.11. The third-order valence-corrected chi connectivity index (χ3v) is 4.29. The van der Waals surface area contributed by atoms with Crippen molar-refractivity contribution in [1.29, 1.82) is 0 Å². The fourth-order valence-corrected chi connectivity index (χ4v) is 2.95. The van der Waals surface area contributed by atoms with Crippen LogP contribution in [0, 0.1) is 0 Å². The second-order valence-electron chi connectivity index (χ2n) is 6.40. The lowest BCUT2D eigenvalue weighted by molar-refractivity contribution is -0.137. The highest BCUT2D eigenvalue weighted by Crippen LogP contribution is 2.29. The van der Waals surface area contributed by atoms with Crippen molar-refractivity contribution in [2.24, 2.45) is 0 Å². The molecular formula is C21H26N4O3. The number of hydrogen-bond donors (Lipinski definition) is 2. The van der Waals surface area contributed by atoms with Gasteiger partial charge >= 0.3 is 5.97 Å². The third kappa shape index (κ3) is 5.29. The van der Waals surface area contributed by atoms with Crippen LogP contribution in [0.25, 0.3) is 17.2 Å². The number of anilines is 2. The van der Waals surface area contributed by atoms with E-state index in [-0.39, 0.29) is 12.0 Å². The lowest BCUT2D eigenvalue weighted by Crippen LogP contribution is -2.21.